The molecule has 2 aromatic rings. The molecule has 0 aromatic heterocycles. The molecule has 0 saturated carbocycles. The van der Waals surface area contributed by atoms with E-state index in [9.17, 15) is 9.59 Å². The topological polar surface area (TPSA) is 73.9 Å². The predicted molar refractivity (Wildman–Crippen MR) is 102 cm³/mol. The van der Waals surface area contributed by atoms with E-state index in [2.05, 4.69) is 5.32 Å². The number of para-hydroxylation sites is 2. The van der Waals surface area contributed by atoms with Crippen LogP contribution in [0.4, 0.5) is 0 Å². The van der Waals surface area contributed by atoms with Crippen LogP contribution in [-0.4, -0.2) is 31.7 Å². The van der Waals surface area contributed by atoms with Gasteiger partial charge in [0, 0.05) is 0 Å². The highest BCUT2D eigenvalue weighted by atomic mass is 16.5. The van der Waals surface area contributed by atoms with Crippen LogP contribution in [0, 0.1) is 0 Å². The normalized spacial score (nSPS) is 11.3. The number of hydrogen-bond donors (Lipinski definition) is 1. The molecule has 0 aliphatic carbocycles. The smallest absolute Gasteiger partial charge is 0.308 e. The molecule has 6 nitrogen and oxygen atoms in total. The number of carbonyl (C=O) groups excluding carboxylic acids is 2. The molecule has 2 aromatic carbocycles. The Morgan fingerprint density at radius 3 is 2.15 bits per heavy atom. The van der Waals surface area contributed by atoms with Crippen LogP contribution in [0.3, 0.4) is 0 Å². The zero-order chi connectivity index (χ0) is 19.5. The lowest BCUT2D eigenvalue weighted by atomic mass is 10.0. The van der Waals surface area contributed by atoms with Crippen LogP contribution < -0.4 is 14.8 Å². The molecular weight excluding hydrogens is 346 g/mol. The molecule has 2 rings (SSSR count). The molecule has 1 N–H and O–H groups in total. The zero-order valence-corrected chi connectivity index (χ0v) is 15.6. The fourth-order valence-corrected chi connectivity index (χ4v) is 2.55. The molecule has 1 amide bonds. The van der Waals surface area contributed by atoms with Crippen LogP contribution >= 0.6 is 0 Å². The highest BCUT2D eigenvalue weighted by Crippen LogP contribution is 2.26. The van der Waals surface area contributed by atoms with E-state index < -0.39 is 6.04 Å². The number of hydrogen-bond acceptors (Lipinski definition) is 5. The lowest BCUT2D eigenvalue weighted by Crippen LogP contribution is -2.34. The number of nitrogens with one attached hydrogen (secondary N) is 1. The summed E-state index contributed by atoms with van der Waals surface area (Å²) in [5, 5.41) is 2.84. The Morgan fingerprint density at radius 2 is 1.52 bits per heavy atom. The molecule has 1 unspecified atom stereocenters. The molecule has 0 fully saturated rings. The number of ether oxygens (including phenoxy) is 3. The van der Waals surface area contributed by atoms with E-state index in [1.807, 2.05) is 49.4 Å². The van der Waals surface area contributed by atoms with Crippen molar-refractivity contribution in [2.24, 2.45) is 0 Å². The molecule has 27 heavy (non-hydrogen) atoms. The van der Waals surface area contributed by atoms with Gasteiger partial charge in [-0.2, -0.15) is 0 Å². The van der Waals surface area contributed by atoms with E-state index in [1.165, 1.54) is 0 Å². The number of rotatable bonds is 10. The van der Waals surface area contributed by atoms with E-state index in [0.29, 0.717) is 24.7 Å². The van der Waals surface area contributed by atoms with Crippen molar-refractivity contribution in [3.63, 3.8) is 0 Å². The van der Waals surface area contributed by atoms with E-state index in [1.54, 1.807) is 19.1 Å². The number of benzene rings is 2. The zero-order valence-electron chi connectivity index (χ0n) is 15.6. The number of carbonyl (C=O) groups is 2. The van der Waals surface area contributed by atoms with Crippen LogP contribution in [-0.2, 0) is 14.3 Å². The Kier molecular flexibility index (Phi) is 8.16. The van der Waals surface area contributed by atoms with Crippen molar-refractivity contribution in [1.29, 1.82) is 0 Å². The fourth-order valence-electron chi connectivity index (χ4n) is 2.55. The molecule has 0 spiro atoms. The summed E-state index contributed by atoms with van der Waals surface area (Å²) in [6.45, 7) is 4.24. The summed E-state index contributed by atoms with van der Waals surface area (Å²) in [6, 6.07) is 16.0. The van der Waals surface area contributed by atoms with E-state index in [-0.39, 0.29) is 24.9 Å². The highest BCUT2D eigenvalue weighted by Gasteiger charge is 2.19. The maximum Gasteiger partial charge on any atom is 0.308 e. The average molecular weight is 371 g/mol. The van der Waals surface area contributed by atoms with Gasteiger partial charge in [0.15, 0.2) is 18.1 Å². The minimum atomic E-state index is -0.483. The maximum atomic E-state index is 12.4. The largest absolute Gasteiger partial charge is 0.490 e. The van der Waals surface area contributed by atoms with Gasteiger partial charge in [-0.25, -0.2) is 0 Å². The number of amides is 1. The first-order chi connectivity index (χ1) is 13.1. The van der Waals surface area contributed by atoms with Gasteiger partial charge in [0.1, 0.15) is 0 Å². The van der Waals surface area contributed by atoms with Gasteiger partial charge in [-0.3, -0.25) is 9.59 Å². The third-order valence-electron chi connectivity index (χ3n) is 3.72. The van der Waals surface area contributed by atoms with Crippen molar-refractivity contribution in [3.8, 4) is 11.5 Å². The molecule has 1 atom stereocenters. The van der Waals surface area contributed by atoms with Gasteiger partial charge >= 0.3 is 5.97 Å². The van der Waals surface area contributed by atoms with Crippen LogP contribution in [0.5, 0.6) is 11.5 Å². The minimum Gasteiger partial charge on any atom is -0.490 e. The van der Waals surface area contributed by atoms with Crippen LogP contribution in [0.25, 0.3) is 0 Å². The quantitative estimate of drug-likeness (QED) is 0.649. The SMILES string of the molecule is CCOC(=O)CC(NC(=O)COc1ccccc1OCC)c1ccccc1. The first-order valence-corrected chi connectivity index (χ1v) is 8.98. The van der Waals surface area contributed by atoms with Gasteiger partial charge in [0.25, 0.3) is 5.91 Å². The molecule has 0 radical (unpaired) electrons. The molecular formula is C21H25NO5. The van der Waals surface area contributed by atoms with Crippen molar-refractivity contribution >= 4 is 11.9 Å². The molecule has 0 bridgehead atoms. The molecule has 0 aliphatic rings. The van der Waals surface area contributed by atoms with Crippen LogP contribution in [0.15, 0.2) is 54.6 Å². The first-order valence-electron chi connectivity index (χ1n) is 8.98. The van der Waals surface area contributed by atoms with Crippen LogP contribution in [0.1, 0.15) is 31.9 Å². The second-order valence-corrected chi connectivity index (χ2v) is 5.71. The summed E-state index contributed by atoms with van der Waals surface area (Å²) in [5.74, 6) is 0.379. The Balaban J connectivity index is 2.00. The lowest BCUT2D eigenvalue weighted by molar-refractivity contribution is -0.143. The summed E-state index contributed by atoms with van der Waals surface area (Å²) in [5.41, 5.74) is 0.827. The minimum absolute atomic E-state index is 0.0547. The second kappa shape index (κ2) is 10.9. The second-order valence-electron chi connectivity index (χ2n) is 5.71. The Hall–Kier alpha value is -3.02. The van der Waals surface area contributed by atoms with E-state index in [0.717, 1.165) is 5.56 Å². The summed E-state index contributed by atoms with van der Waals surface area (Å²) in [6.07, 6.45) is 0.0547. The van der Waals surface area contributed by atoms with Gasteiger partial charge < -0.3 is 19.5 Å². The molecule has 0 saturated heterocycles. The Morgan fingerprint density at radius 1 is 0.889 bits per heavy atom. The van der Waals surface area contributed by atoms with E-state index >= 15 is 0 Å². The van der Waals surface area contributed by atoms with Gasteiger partial charge in [-0.1, -0.05) is 42.5 Å². The van der Waals surface area contributed by atoms with Crippen molar-refractivity contribution in [2.45, 2.75) is 26.3 Å². The Bertz CT molecular complexity index is 732. The van der Waals surface area contributed by atoms with Gasteiger partial charge in [-0.05, 0) is 31.5 Å². The van der Waals surface area contributed by atoms with Crippen molar-refractivity contribution in [3.05, 3.63) is 60.2 Å². The van der Waals surface area contributed by atoms with E-state index in [4.69, 9.17) is 14.2 Å². The molecule has 0 aliphatic heterocycles. The van der Waals surface area contributed by atoms with Crippen LogP contribution in [0.2, 0.25) is 0 Å². The van der Waals surface area contributed by atoms with Gasteiger partial charge in [0.05, 0.1) is 25.7 Å². The summed E-state index contributed by atoms with van der Waals surface area (Å²) in [7, 11) is 0. The van der Waals surface area contributed by atoms with Gasteiger partial charge in [0.2, 0.25) is 0 Å². The Labute approximate surface area is 159 Å². The number of esters is 1. The lowest BCUT2D eigenvalue weighted by Gasteiger charge is -2.19. The summed E-state index contributed by atoms with van der Waals surface area (Å²) >= 11 is 0. The fraction of sp³-hybridized carbons (Fsp3) is 0.333. The molecule has 6 heteroatoms. The molecule has 0 heterocycles. The standard InChI is InChI=1S/C21H25NO5/c1-3-25-18-12-8-9-13-19(18)27-15-20(23)22-17(14-21(24)26-4-2)16-10-6-5-7-11-16/h5-13,17H,3-4,14-15H2,1-2H3,(H,22,23). The maximum absolute atomic E-state index is 12.4. The van der Waals surface area contributed by atoms with Crippen molar-refractivity contribution in [1.82, 2.24) is 5.32 Å². The third kappa shape index (κ3) is 6.66. The van der Waals surface area contributed by atoms with Crippen molar-refractivity contribution < 1.29 is 23.8 Å². The van der Waals surface area contributed by atoms with Crippen molar-refractivity contribution in [2.75, 3.05) is 19.8 Å². The predicted octanol–water partition coefficient (Wildman–Crippen LogP) is 3.27. The summed E-state index contributed by atoms with van der Waals surface area (Å²) in [4.78, 5) is 24.3. The monoisotopic (exact) mass is 371 g/mol. The molecule has 144 valence electrons. The average Bonchev–Trinajstić information content (AvgIpc) is 2.68. The highest BCUT2D eigenvalue weighted by molar-refractivity contribution is 5.79. The summed E-state index contributed by atoms with van der Waals surface area (Å²) < 4.78 is 16.1. The van der Waals surface area contributed by atoms with Gasteiger partial charge in [-0.15, -0.1) is 0 Å². The third-order valence-corrected chi connectivity index (χ3v) is 3.72. The first kappa shape index (κ1) is 20.3.